The Morgan fingerprint density at radius 2 is 1.92 bits per heavy atom. The molecule has 0 aliphatic heterocycles. The zero-order valence-electron chi connectivity index (χ0n) is 6.98. The van der Waals surface area contributed by atoms with E-state index < -0.39 is 6.09 Å². The number of hydrogen-bond donors (Lipinski definition) is 3. The Bertz CT molecular complexity index is 122. The first-order valence-corrected chi connectivity index (χ1v) is 4.01. The highest BCUT2D eigenvalue weighted by Gasteiger charge is 1.92. The van der Waals surface area contributed by atoms with Gasteiger partial charge in [0.1, 0.15) is 0 Å². The molecule has 0 aromatic rings. The third-order valence-electron chi connectivity index (χ3n) is 1.29. The average molecular weight is 178 g/mol. The summed E-state index contributed by atoms with van der Waals surface area (Å²) in [5, 5.41) is 13.4. The SMILES string of the molecule is O=C(O)NCCCNCCCF. The van der Waals surface area contributed by atoms with Crippen molar-refractivity contribution >= 4 is 6.09 Å². The van der Waals surface area contributed by atoms with Crippen molar-refractivity contribution in [1.82, 2.24) is 10.6 Å². The molecule has 0 radical (unpaired) electrons. The zero-order valence-corrected chi connectivity index (χ0v) is 6.98. The molecule has 0 aromatic carbocycles. The summed E-state index contributed by atoms with van der Waals surface area (Å²) >= 11 is 0. The molecule has 0 atom stereocenters. The summed E-state index contributed by atoms with van der Waals surface area (Å²) in [7, 11) is 0. The van der Waals surface area contributed by atoms with Crippen LogP contribution in [-0.2, 0) is 0 Å². The van der Waals surface area contributed by atoms with E-state index in [4.69, 9.17) is 5.11 Å². The van der Waals surface area contributed by atoms with Gasteiger partial charge in [0.05, 0.1) is 6.67 Å². The fourth-order valence-corrected chi connectivity index (χ4v) is 0.726. The van der Waals surface area contributed by atoms with Crippen LogP contribution in [0.15, 0.2) is 0 Å². The molecular weight excluding hydrogens is 163 g/mol. The number of halogens is 1. The minimum Gasteiger partial charge on any atom is -0.465 e. The monoisotopic (exact) mass is 178 g/mol. The second-order valence-corrected chi connectivity index (χ2v) is 2.38. The normalized spacial score (nSPS) is 9.75. The molecule has 0 fully saturated rings. The first-order chi connectivity index (χ1) is 5.77. The molecule has 1 amide bonds. The summed E-state index contributed by atoms with van der Waals surface area (Å²) in [5.41, 5.74) is 0. The van der Waals surface area contributed by atoms with Crippen molar-refractivity contribution < 1.29 is 14.3 Å². The predicted molar refractivity (Wildman–Crippen MR) is 44.1 cm³/mol. The second kappa shape index (κ2) is 8.26. The third kappa shape index (κ3) is 9.16. The smallest absolute Gasteiger partial charge is 0.404 e. The molecule has 0 aliphatic carbocycles. The van der Waals surface area contributed by atoms with Crippen molar-refractivity contribution in [2.45, 2.75) is 12.8 Å². The lowest BCUT2D eigenvalue weighted by Gasteiger charge is -2.02. The van der Waals surface area contributed by atoms with E-state index >= 15 is 0 Å². The fraction of sp³-hybridized carbons (Fsp3) is 0.857. The molecule has 72 valence electrons. The lowest BCUT2D eigenvalue weighted by molar-refractivity contribution is 0.194. The van der Waals surface area contributed by atoms with Crippen LogP contribution in [0.25, 0.3) is 0 Å². The van der Waals surface area contributed by atoms with Crippen LogP contribution in [0.2, 0.25) is 0 Å². The van der Waals surface area contributed by atoms with Crippen LogP contribution in [0.3, 0.4) is 0 Å². The van der Waals surface area contributed by atoms with Gasteiger partial charge >= 0.3 is 6.09 Å². The number of hydrogen-bond acceptors (Lipinski definition) is 2. The Hall–Kier alpha value is -0.840. The Morgan fingerprint density at radius 3 is 2.50 bits per heavy atom. The van der Waals surface area contributed by atoms with Gasteiger partial charge in [-0.25, -0.2) is 4.79 Å². The number of amides is 1. The lowest BCUT2D eigenvalue weighted by Crippen LogP contribution is -2.26. The Kier molecular flexibility index (Phi) is 7.68. The van der Waals surface area contributed by atoms with Gasteiger partial charge in [0.2, 0.25) is 0 Å². The van der Waals surface area contributed by atoms with Gasteiger partial charge in [-0.05, 0) is 25.9 Å². The van der Waals surface area contributed by atoms with Crippen LogP contribution in [0.1, 0.15) is 12.8 Å². The highest BCUT2D eigenvalue weighted by Crippen LogP contribution is 1.78. The molecule has 5 heteroatoms. The molecule has 3 N–H and O–H groups in total. The molecule has 0 bridgehead atoms. The van der Waals surface area contributed by atoms with Crippen molar-refractivity contribution in [3.8, 4) is 0 Å². The summed E-state index contributed by atoms with van der Waals surface area (Å²) < 4.78 is 11.5. The number of carboxylic acid groups (broad SMARTS) is 1. The van der Waals surface area contributed by atoms with E-state index in [1.165, 1.54) is 0 Å². The van der Waals surface area contributed by atoms with Crippen LogP contribution in [-0.4, -0.2) is 37.5 Å². The maximum atomic E-state index is 11.5. The largest absolute Gasteiger partial charge is 0.465 e. The molecule has 0 saturated carbocycles. The van der Waals surface area contributed by atoms with Gasteiger partial charge in [0.25, 0.3) is 0 Å². The van der Waals surface area contributed by atoms with Gasteiger partial charge in [-0.2, -0.15) is 0 Å². The van der Waals surface area contributed by atoms with Crippen LogP contribution in [0.4, 0.5) is 9.18 Å². The summed E-state index contributed by atoms with van der Waals surface area (Å²) in [4.78, 5) is 9.95. The van der Waals surface area contributed by atoms with Gasteiger partial charge < -0.3 is 15.7 Å². The standard InChI is InChI=1S/C7H15FN2O2/c8-3-1-4-9-5-2-6-10-7(11)12/h9-10H,1-6H2,(H,11,12). The van der Waals surface area contributed by atoms with Gasteiger partial charge in [0.15, 0.2) is 0 Å². The second-order valence-electron chi connectivity index (χ2n) is 2.38. The summed E-state index contributed by atoms with van der Waals surface area (Å²) in [6, 6.07) is 0. The van der Waals surface area contributed by atoms with E-state index in [-0.39, 0.29) is 6.67 Å². The number of rotatable bonds is 7. The first-order valence-electron chi connectivity index (χ1n) is 4.01. The number of carbonyl (C=O) groups is 1. The van der Waals surface area contributed by atoms with E-state index in [1.807, 2.05) is 0 Å². The maximum absolute atomic E-state index is 11.5. The van der Waals surface area contributed by atoms with Crippen molar-refractivity contribution in [2.24, 2.45) is 0 Å². The maximum Gasteiger partial charge on any atom is 0.404 e. The summed E-state index contributed by atoms with van der Waals surface area (Å²) in [6.07, 6.45) is 0.254. The van der Waals surface area contributed by atoms with Gasteiger partial charge in [-0.3, -0.25) is 4.39 Å². The summed E-state index contributed by atoms with van der Waals surface area (Å²) in [6.45, 7) is 1.52. The van der Waals surface area contributed by atoms with E-state index in [2.05, 4.69) is 10.6 Å². The number of alkyl halides is 1. The predicted octanol–water partition coefficient (Wildman–Crippen LogP) is 0.593. The van der Waals surface area contributed by atoms with Gasteiger partial charge in [-0.15, -0.1) is 0 Å². The molecule has 0 aromatic heterocycles. The highest BCUT2D eigenvalue weighted by atomic mass is 19.1. The third-order valence-corrected chi connectivity index (χ3v) is 1.29. The quantitative estimate of drug-likeness (QED) is 0.500. The Labute approximate surface area is 71.1 Å². The zero-order chi connectivity index (χ0) is 9.23. The van der Waals surface area contributed by atoms with Gasteiger partial charge in [-0.1, -0.05) is 0 Å². The fourth-order valence-electron chi connectivity index (χ4n) is 0.726. The highest BCUT2D eigenvalue weighted by molar-refractivity contribution is 5.64. The molecule has 4 nitrogen and oxygen atoms in total. The van der Waals surface area contributed by atoms with Crippen LogP contribution in [0, 0.1) is 0 Å². The first kappa shape index (κ1) is 11.2. The van der Waals surface area contributed by atoms with E-state index in [9.17, 15) is 9.18 Å². The van der Waals surface area contributed by atoms with Crippen molar-refractivity contribution in [3.63, 3.8) is 0 Å². The van der Waals surface area contributed by atoms with Crippen LogP contribution < -0.4 is 10.6 Å². The van der Waals surface area contributed by atoms with E-state index in [0.717, 1.165) is 13.0 Å². The Balaban J connectivity index is 2.86. The minimum absolute atomic E-state index is 0.305. The van der Waals surface area contributed by atoms with Crippen molar-refractivity contribution in [2.75, 3.05) is 26.3 Å². The van der Waals surface area contributed by atoms with Gasteiger partial charge in [0, 0.05) is 6.54 Å². The van der Waals surface area contributed by atoms with E-state index in [0.29, 0.717) is 19.5 Å². The number of nitrogens with one attached hydrogen (secondary N) is 2. The van der Waals surface area contributed by atoms with Crippen LogP contribution in [0.5, 0.6) is 0 Å². The molecule has 0 unspecified atom stereocenters. The van der Waals surface area contributed by atoms with Crippen molar-refractivity contribution in [1.29, 1.82) is 0 Å². The lowest BCUT2D eigenvalue weighted by atomic mass is 10.4. The molecule has 0 aliphatic rings. The molecule has 0 rings (SSSR count). The Morgan fingerprint density at radius 1 is 1.25 bits per heavy atom. The van der Waals surface area contributed by atoms with Crippen molar-refractivity contribution in [3.05, 3.63) is 0 Å². The molecule has 0 saturated heterocycles. The topological polar surface area (TPSA) is 61.4 Å². The average Bonchev–Trinajstić information content (AvgIpc) is 2.02. The summed E-state index contributed by atoms with van der Waals surface area (Å²) in [5.74, 6) is 0. The molecule has 12 heavy (non-hydrogen) atoms. The minimum atomic E-state index is -1.00. The van der Waals surface area contributed by atoms with Crippen LogP contribution >= 0.6 is 0 Å². The molecule has 0 spiro atoms. The molecule has 0 heterocycles. The van der Waals surface area contributed by atoms with E-state index in [1.54, 1.807) is 0 Å². The molecular formula is C7H15FN2O2.